The molecule has 0 spiro atoms. The molecule has 0 saturated carbocycles. The molecule has 0 bridgehead atoms. The van der Waals surface area contributed by atoms with Crippen molar-refractivity contribution in [2.75, 3.05) is 18.4 Å². The van der Waals surface area contributed by atoms with Gasteiger partial charge in [-0.05, 0) is 31.5 Å². The number of rotatable bonds is 4. The molecule has 8 heteroatoms. The van der Waals surface area contributed by atoms with Crippen LogP contribution < -0.4 is 21.7 Å². The van der Waals surface area contributed by atoms with Crippen molar-refractivity contribution < 1.29 is 9.59 Å². The molecule has 126 valence electrons. The zero-order valence-corrected chi connectivity index (χ0v) is 13.9. The molecule has 24 heavy (non-hydrogen) atoms. The summed E-state index contributed by atoms with van der Waals surface area (Å²) in [4.78, 5) is 29.2. The van der Waals surface area contributed by atoms with Gasteiger partial charge in [-0.15, -0.1) is 11.3 Å². The van der Waals surface area contributed by atoms with Gasteiger partial charge >= 0.3 is 6.03 Å². The number of nitrogens with two attached hydrogens (primary N) is 1. The Morgan fingerprint density at radius 2 is 2.29 bits per heavy atom. The van der Waals surface area contributed by atoms with Crippen molar-refractivity contribution in [3.63, 3.8) is 0 Å². The van der Waals surface area contributed by atoms with Crippen LogP contribution in [0.3, 0.4) is 0 Å². The molecule has 0 aliphatic carbocycles. The van der Waals surface area contributed by atoms with Crippen molar-refractivity contribution in [3.8, 4) is 10.4 Å². The van der Waals surface area contributed by atoms with Crippen LogP contribution in [0, 0.1) is 0 Å². The maximum Gasteiger partial charge on any atom is 0.316 e. The number of aromatic nitrogens is 1. The van der Waals surface area contributed by atoms with Crippen LogP contribution in [-0.2, 0) is 0 Å². The van der Waals surface area contributed by atoms with Crippen LogP contribution in [0.15, 0.2) is 30.6 Å². The minimum Gasteiger partial charge on any atom is -0.351 e. The van der Waals surface area contributed by atoms with Gasteiger partial charge in [0.05, 0.1) is 5.69 Å². The molecule has 5 N–H and O–H groups in total. The first-order chi connectivity index (χ1) is 11.6. The molecule has 3 heterocycles. The fourth-order valence-electron chi connectivity index (χ4n) is 2.66. The predicted molar refractivity (Wildman–Crippen MR) is 94.1 cm³/mol. The smallest absolute Gasteiger partial charge is 0.316 e. The molecule has 2 aromatic rings. The fraction of sp³-hybridized carbons (Fsp3) is 0.312. The third-order valence-electron chi connectivity index (χ3n) is 3.77. The van der Waals surface area contributed by atoms with Gasteiger partial charge in [-0.2, -0.15) is 0 Å². The van der Waals surface area contributed by atoms with Crippen LogP contribution in [0.5, 0.6) is 0 Å². The zero-order chi connectivity index (χ0) is 16.9. The summed E-state index contributed by atoms with van der Waals surface area (Å²) in [5, 5.41) is 8.81. The van der Waals surface area contributed by atoms with Gasteiger partial charge in [0, 0.05) is 35.4 Å². The van der Waals surface area contributed by atoms with E-state index in [4.69, 9.17) is 5.73 Å². The molecule has 7 nitrogen and oxygen atoms in total. The monoisotopic (exact) mass is 345 g/mol. The molecular weight excluding hydrogens is 326 g/mol. The predicted octanol–water partition coefficient (Wildman–Crippen LogP) is 1.78. The van der Waals surface area contributed by atoms with Gasteiger partial charge in [0.25, 0.3) is 5.91 Å². The quantitative estimate of drug-likeness (QED) is 0.677. The van der Waals surface area contributed by atoms with E-state index in [0.29, 0.717) is 10.6 Å². The maximum absolute atomic E-state index is 12.6. The molecule has 2 aromatic heterocycles. The van der Waals surface area contributed by atoms with Gasteiger partial charge in [-0.3, -0.25) is 9.78 Å². The number of amides is 3. The lowest BCUT2D eigenvalue weighted by Gasteiger charge is -2.23. The molecule has 1 saturated heterocycles. The van der Waals surface area contributed by atoms with Gasteiger partial charge in [0.15, 0.2) is 0 Å². The van der Waals surface area contributed by atoms with E-state index in [0.717, 1.165) is 36.4 Å². The number of thiophene rings is 1. The van der Waals surface area contributed by atoms with Crippen molar-refractivity contribution in [2.24, 2.45) is 5.73 Å². The van der Waals surface area contributed by atoms with Crippen molar-refractivity contribution in [1.29, 1.82) is 0 Å². The van der Waals surface area contributed by atoms with Crippen molar-refractivity contribution in [2.45, 2.75) is 18.9 Å². The Balaban J connectivity index is 1.85. The van der Waals surface area contributed by atoms with Crippen LogP contribution in [0.2, 0.25) is 0 Å². The van der Waals surface area contributed by atoms with E-state index in [2.05, 4.69) is 20.9 Å². The summed E-state index contributed by atoms with van der Waals surface area (Å²) in [7, 11) is 0. The summed E-state index contributed by atoms with van der Waals surface area (Å²) in [6.45, 7) is 1.73. The number of urea groups is 1. The van der Waals surface area contributed by atoms with Crippen LogP contribution in [0.25, 0.3) is 10.4 Å². The number of primary amides is 1. The van der Waals surface area contributed by atoms with Crippen molar-refractivity contribution in [1.82, 2.24) is 15.6 Å². The Kier molecular flexibility index (Phi) is 5.07. The van der Waals surface area contributed by atoms with Crippen molar-refractivity contribution >= 4 is 29.0 Å². The van der Waals surface area contributed by atoms with Crippen LogP contribution >= 0.6 is 11.3 Å². The Morgan fingerprint density at radius 1 is 1.42 bits per heavy atom. The largest absolute Gasteiger partial charge is 0.351 e. The lowest BCUT2D eigenvalue weighted by molar-refractivity contribution is 0.0935. The minimum absolute atomic E-state index is 0.0941. The molecule has 1 fully saturated rings. The first kappa shape index (κ1) is 16.4. The second kappa shape index (κ2) is 7.41. The molecule has 1 unspecified atom stereocenters. The van der Waals surface area contributed by atoms with E-state index in [1.165, 1.54) is 11.3 Å². The van der Waals surface area contributed by atoms with Gasteiger partial charge in [-0.25, -0.2) is 4.79 Å². The Labute approximate surface area is 143 Å². The number of anilines is 1. The number of nitrogens with one attached hydrogen (secondary N) is 3. The topological polar surface area (TPSA) is 109 Å². The SMILES string of the molecule is NC(=O)Nc1cc(-c2cccnc2)sc1C(=O)NC1CCCNC1. The van der Waals surface area contributed by atoms with E-state index >= 15 is 0 Å². The fourth-order valence-corrected chi connectivity index (χ4v) is 3.67. The third-order valence-corrected chi connectivity index (χ3v) is 4.96. The summed E-state index contributed by atoms with van der Waals surface area (Å²) in [5.41, 5.74) is 6.53. The Hall–Kier alpha value is -2.45. The van der Waals surface area contributed by atoms with Gasteiger partial charge in [-0.1, -0.05) is 6.07 Å². The van der Waals surface area contributed by atoms with Gasteiger partial charge in [0.2, 0.25) is 0 Å². The minimum atomic E-state index is -0.695. The summed E-state index contributed by atoms with van der Waals surface area (Å²) >= 11 is 1.31. The second-order valence-electron chi connectivity index (χ2n) is 5.60. The average Bonchev–Trinajstić information content (AvgIpc) is 3.00. The molecule has 3 rings (SSSR count). The van der Waals surface area contributed by atoms with Crippen LogP contribution in [0.1, 0.15) is 22.5 Å². The van der Waals surface area contributed by atoms with E-state index in [9.17, 15) is 9.59 Å². The zero-order valence-electron chi connectivity index (χ0n) is 13.0. The summed E-state index contributed by atoms with van der Waals surface area (Å²) in [6.07, 6.45) is 5.37. The molecular formula is C16H19N5O2S. The highest BCUT2D eigenvalue weighted by Gasteiger charge is 2.22. The summed E-state index contributed by atoms with van der Waals surface area (Å²) in [5.74, 6) is -0.201. The number of hydrogen-bond donors (Lipinski definition) is 4. The second-order valence-corrected chi connectivity index (χ2v) is 6.65. The standard InChI is InChI=1S/C16H19N5O2S/c17-16(23)21-12-7-13(10-3-1-5-18-8-10)24-14(12)15(22)20-11-4-2-6-19-9-11/h1,3,5,7-8,11,19H,2,4,6,9H2,(H,20,22)(H3,17,21,23). The lowest BCUT2D eigenvalue weighted by atomic mass is 10.1. The highest BCUT2D eigenvalue weighted by Crippen LogP contribution is 2.34. The number of piperidine rings is 1. The normalized spacial score (nSPS) is 17.2. The molecule has 1 atom stereocenters. The van der Waals surface area contributed by atoms with Gasteiger partial charge in [0.1, 0.15) is 4.88 Å². The number of carbonyl (C=O) groups is 2. The van der Waals surface area contributed by atoms with E-state index in [1.807, 2.05) is 12.1 Å². The summed E-state index contributed by atoms with van der Waals surface area (Å²) < 4.78 is 0. The molecule has 3 amide bonds. The van der Waals surface area contributed by atoms with Crippen LogP contribution in [-0.4, -0.2) is 36.1 Å². The molecule has 0 radical (unpaired) electrons. The third kappa shape index (κ3) is 3.90. The molecule has 1 aliphatic rings. The van der Waals surface area contributed by atoms with E-state index < -0.39 is 6.03 Å². The number of nitrogens with zero attached hydrogens (tertiary/aromatic N) is 1. The highest BCUT2D eigenvalue weighted by molar-refractivity contribution is 7.18. The van der Waals surface area contributed by atoms with Crippen molar-refractivity contribution in [3.05, 3.63) is 35.5 Å². The lowest BCUT2D eigenvalue weighted by Crippen LogP contribution is -2.45. The number of pyridine rings is 1. The number of hydrogen-bond acceptors (Lipinski definition) is 5. The number of carbonyl (C=O) groups excluding carboxylic acids is 2. The van der Waals surface area contributed by atoms with Gasteiger partial charge < -0.3 is 21.7 Å². The highest BCUT2D eigenvalue weighted by atomic mass is 32.1. The molecule has 0 aromatic carbocycles. The first-order valence-electron chi connectivity index (χ1n) is 7.76. The molecule has 1 aliphatic heterocycles. The van der Waals surface area contributed by atoms with E-state index in [1.54, 1.807) is 18.5 Å². The van der Waals surface area contributed by atoms with E-state index in [-0.39, 0.29) is 11.9 Å². The average molecular weight is 345 g/mol. The van der Waals surface area contributed by atoms with Crippen LogP contribution in [0.4, 0.5) is 10.5 Å². The summed E-state index contributed by atoms with van der Waals surface area (Å²) in [6, 6.07) is 4.87. The maximum atomic E-state index is 12.6. The Morgan fingerprint density at radius 3 is 2.96 bits per heavy atom. The Bertz CT molecular complexity index is 725. The first-order valence-corrected chi connectivity index (χ1v) is 8.57.